The molecule has 352 valence electrons. The Balaban J connectivity index is 0.675. The summed E-state index contributed by atoms with van der Waals surface area (Å²) in [7, 11) is 1.51. The molecule has 5 aliphatic heterocycles. The van der Waals surface area contributed by atoms with Gasteiger partial charge in [0.25, 0.3) is 23.3 Å². The minimum absolute atomic E-state index is 0.0914. The number of nitrogens with zero attached hydrogens (tertiary/aromatic N) is 7. The number of rotatable bonds is 12. The van der Waals surface area contributed by atoms with Crippen LogP contribution in [-0.2, 0) is 19.1 Å². The summed E-state index contributed by atoms with van der Waals surface area (Å²) < 4.78 is 13.9. The fourth-order valence-electron chi connectivity index (χ4n) is 10.7. The molecule has 1 spiro atoms. The largest absolute Gasteiger partial charge is 0.478 e. The van der Waals surface area contributed by atoms with Crippen molar-refractivity contribution < 1.29 is 33.4 Å². The molecule has 2 aromatic carbocycles. The van der Waals surface area contributed by atoms with Gasteiger partial charge in [-0.15, -0.1) is 0 Å². The lowest BCUT2D eigenvalue weighted by atomic mass is 9.69. The molecule has 7 heterocycles. The molecular formula is C48H55ClN10O8. The highest BCUT2D eigenvalue weighted by Crippen LogP contribution is 2.46. The van der Waals surface area contributed by atoms with Crippen molar-refractivity contribution >= 4 is 75.2 Å². The van der Waals surface area contributed by atoms with E-state index in [4.69, 9.17) is 26.1 Å². The Hall–Kier alpha value is -6.11. The summed E-state index contributed by atoms with van der Waals surface area (Å²) in [4.78, 5) is 93.3. The van der Waals surface area contributed by atoms with Gasteiger partial charge in [0.05, 0.1) is 35.0 Å². The zero-order chi connectivity index (χ0) is 46.7. The molecule has 10 rings (SSSR count). The topological polar surface area (TPSA) is 201 Å². The van der Waals surface area contributed by atoms with E-state index in [0.29, 0.717) is 45.1 Å². The van der Waals surface area contributed by atoms with E-state index < -0.39 is 29.7 Å². The van der Waals surface area contributed by atoms with E-state index in [0.717, 1.165) is 99.3 Å². The van der Waals surface area contributed by atoms with Gasteiger partial charge in [0.15, 0.2) is 18.2 Å². The lowest BCUT2D eigenvalue weighted by molar-refractivity contribution is -0.136. The Kier molecular flexibility index (Phi) is 11.9. The molecule has 2 aromatic heterocycles. The SMILES string of the molecule is CNC(=O)COc1cc2cc(Nc3nc(N4CCC(OC5CC(N6CC7(CCN(c8ccc9c(c8)C(=O)N(C8CCC(=O)NC8=O)C9=O)CC7)C6)C5)CC4)ncc3Cl)ccc2n(C(C)C)c1=O. The minimum Gasteiger partial charge on any atom is -0.478 e. The Bertz CT molecular complexity index is 2720. The molecule has 4 saturated heterocycles. The Morgan fingerprint density at radius 3 is 2.37 bits per heavy atom. The maximum atomic E-state index is 13.4. The number of benzene rings is 2. The zero-order valence-corrected chi connectivity index (χ0v) is 38.6. The van der Waals surface area contributed by atoms with E-state index in [1.165, 1.54) is 7.05 Å². The highest BCUT2D eigenvalue weighted by atomic mass is 35.5. The predicted molar refractivity (Wildman–Crippen MR) is 250 cm³/mol. The summed E-state index contributed by atoms with van der Waals surface area (Å²) in [6.07, 6.45) is 8.23. The number of imide groups is 2. The van der Waals surface area contributed by atoms with Crippen LogP contribution in [-0.4, -0.2) is 131 Å². The molecular weight excluding hydrogens is 880 g/mol. The molecule has 6 aliphatic rings. The number of piperidine rings is 3. The number of hydrogen-bond acceptors (Lipinski definition) is 14. The summed E-state index contributed by atoms with van der Waals surface area (Å²) in [6, 6.07) is 12.1. The van der Waals surface area contributed by atoms with Gasteiger partial charge in [0, 0.05) is 81.6 Å². The first-order valence-corrected chi connectivity index (χ1v) is 23.7. The summed E-state index contributed by atoms with van der Waals surface area (Å²) in [5.74, 6) is -1.15. The van der Waals surface area contributed by atoms with Crippen LogP contribution in [0.25, 0.3) is 10.9 Å². The highest BCUT2D eigenvalue weighted by molar-refractivity contribution is 6.33. The van der Waals surface area contributed by atoms with Crippen LogP contribution < -0.4 is 36.0 Å². The first kappa shape index (κ1) is 44.7. The third kappa shape index (κ3) is 8.59. The average molecular weight is 935 g/mol. The van der Waals surface area contributed by atoms with E-state index in [1.807, 2.05) is 38.1 Å². The molecule has 18 nitrogen and oxygen atoms in total. The maximum Gasteiger partial charge on any atom is 0.293 e. The molecule has 67 heavy (non-hydrogen) atoms. The number of amides is 5. The van der Waals surface area contributed by atoms with Gasteiger partial charge >= 0.3 is 0 Å². The number of aromatic nitrogens is 3. The quantitative estimate of drug-likeness (QED) is 0.169. The van der Waals surface area contributed by atoms with E-state index in [9.17, 15) is 28.8 Å². The molecule has 4 aromatic rings. The number of halogens is 1. The lowest BCUT2D eigenvalue weighted by Gasteiger charge is -2.59. The van der Waals surface area contributed by atoms with Gasteiger partial charge in [0.1, 0.15) is 11.1 Å². The van der Waals surface area contributed by atoms with Crippen molar-refractivity contribution in [1.29, 1.82) is 0 Å². The second kappa shape index (κ2) is 17.8. The predicted octanol–water partition coefficient (Wildman–Crippen LogP) is 4.41. The summed E-state index contributed by atoms with van der Waals surface area (Å²) >= 11 is 6.61. The van der Waals surface area contributed by atoms with Crippen LogP contribution in [0.4, 0.5) is 23.1 Å². The molecule has 3 N–H and O–H groups in total. The standard InChI is InChI=1S/C48H55ClN10O8/c1-27(2)58-37-7-4-29(18-28(37)19-39(46(58)65)66-24-41(61)50-3)52-42-36(49)23-51-47(54-42)56-14-10-32(11-15-56)67-33-20-31(21-33)57-25-48(26-57)12-16-55(17-13-48)30-5-6-34-35(22-30)45(64)59(44(34)63)38-8-9-40(60)53-43(38)62/h4-7,18-19,22-23,27,31-33,38H,8-17,20-21,24-26H2,1-3H3,(H,50,61)(H,51,52,54)(H,53,60,62). The van der Waals surface area contributed by atoms with Gasteiger partial charge in [-0.25, -0.2) is 4.98 Å². The van der Waals surface area contributed by atoms with E-state index >= 15 is 0 Å². The molecule has 19 heteroatoms. The van der Waals surface area contributed by atoms with Crippen LogP contribution in [0.15, 0.2) is 53.5 Å². The molecule has 1 aliphatic carbocycles. The fourth-order valence-corrected chi connectivity index (χ4v) is 10.8. The van der Waals surface area contributed by atoms with E-state index in [-0.39, 0.29) is 54.9 Å². The number of nitrogens with one attached hydrogen (secondary N) is 3. The number of anilines is 4. The van der Waals surface area contributed by atoms with Crippen molar-refractivity contribution in [3.63, 3.8) is 0 Å². The van der Waals surface area contributed by atoms with E-state index in [2.05, 4.69) is 35.6 Å². The zero-order valence-electron chi connectivity index (χ0n) is 37.9. The average Bonchev–Trinajstić information content (AvgIpc) is 3.54. The molecule has 0 radical (unpaired) electrons. The third-order valence-corrected chi connectivity index (χ3v) is 14.8. The Morgan fingerprint density at radius 1 is 0.910 bits per heavy atom. The monoisotopic (exact) mass is 934 g/mol. The van der Waals surface area contributed by atoms with Crippen LogP contribution in [0.3, 0.4) is 0 Å². The van der Waals surface area contributed by atoms with Crippen molar-refractivity contribution in [2.75, 3.05) is 68.0 Å². The van der Waals surface area contributed by atoms with Gasteiger partial charge in [-0.1, -0.05) is 11.6 Å². The fraction of sp³-hybridized carbons (Fsp3) is 0.500. The van der Waals surface area contributed by atoms with Gasteiger partial charge < -0.3 is 34.5 Å². The summed E-state index contributed by atoms with van der Waals surface area (Å²) in [5, 5.41) is 9.22. The van der Waals surface area contributed by atoms with Crippen LogP contribution in [0, 0.1) is 5.41 Å². The Morgan fingerprint density at radius 2 is 1.66 bits per heavy atom. The molecule has 5 amide bonds. The number of ether oxygens (including phenoxy) is 2. The minimum atomic E-state index is -0.972. The van der Waals surface area contributed by atoms with Crippen LogP contribution in [0.1, 0.15) is 92.0 Å². The summed E-state index contributed by atoms with van der Waals surface area (Å²) in [6.45, 7) is 9.01. The van der Waals surface area contributed by atoms with Gasteiger partial charge in [0.2, 0.25) is 17.8 Å². The smallest absolute Gasteiger partial charge is 0.293 e. The Labute approximate surface area is 392 Å². The van der Waals surface area contributed by atoms with Crippen molar-refractivity contribution in [3.05, 3.63) is 75.2 Å². The lowest BCUT2D eigenvalue weighted by Crippen LogP contribution is -2.65. The first-order chi connectivity index (χ1) is 32.3. The maximum absolute atomic E-state index is 13.4. The normalized spacial score (nSPS) is 23.1. The first-order valence-electron chi connectivity index (χ1n) is 23.3. The van der Waals surface area contributed by atoms with Gasteiger partial charge in [-0.3, -0.25) is 43.9 Å². The van der Waals surface area contributed by atoms with Crippen molar-refractivity contribution in [2.45, 2.75) is 95.5 Å². The second-order valence-electron chi connectivity index (χ2n) is 19.1. The van der Waals surface area contributed by atoms with Gasteiger partial charge in [-0.2, -0.15) is 4.98 Å². The van der Waals surface area contributed by atoms with Gasteiger partial charge in [-0.05, 0) is 107 Å². The number of fused-ring (bicyclic) bond motifs is 2. The van der Waals surface area contributed by atoms with Crippen molar-refractivity contribution in [3.8, 4) is 5.75 Å². The number of hydrogen-bond donors (Lipinski definition) is 3. The highest BCUT2D eigenvalue weighted by Gasteiger charge is 2.50. The molecule has 1 atom stereocenters. The molecule has 5 fully saturated rings. The number of carbonyl (C=O) groups excluding carboxylic acids is 5. The number of carbonyl (C=O) groups is 5. The van der Waals surface area contributed by atoms with E-state index in [1.54, 1.807) is 29.0 Å². The van der Waals surface area contributed by atoms with Crippen molar-refractivity contribution in [1.82, 2.24) is 35.0 Å². The molecule has 1 saturated carbocycles. The molecule has 1 unspecified atom stereocenters. The second-order valence-corrected chi connectivity index (χ2v) is 19.6. The number of likely N-dealkylation sites (N-methyl/N-ethyl adjacent to an activating group) is 1. The van der Waals surface area contributed by atoms with Crippen LogP contribution >= 0.6 is 11.6 Å². The van der Waals surface area contributed by atoms with Crippen molar-refractivity contribution in [2.24, 2.45) is 5.41 Å². The number of likely N-dealkylation sites (tertiary alicyclic amines) is 1. The molecule has 0 bridgehead atoms. The third-order valence-electron chi connectivity index (χ3n) is 14.5. The number of pyridine rings is 1. The summed E-state index contributed by atoms with van der Waals surface area (Å²) in [5.41, 5.74) is 2.96. The van der Waals surface area contributed by atoms with Crippen LogP contribution in [0.2, 0.25) is 5.02 Å². The van der Waals surface area contributed by atoms with Crippen LogP contribution in [0.5, 0.6) is 5.75 Å².